The highest BCUT2D eigenvalue weighted by molar-refractivity contribution is 6.07. The standard InChI is InChI=1S/C27H19N3O8/c31-25-23-21-17-5-1-2-6-18(17)22(20-8-4-3-7-19(20)21)24(23)26(32)28(25)9-10-38-27(33)14-11-15(29(34)35)13-16(12-14)30(36)37/h1-8,11-13,21-24H,9-10H2. The second-order valence-corrected chi connectivity index (χ2v) is 9.48. The molecule has 3 aromatic rings. The van der Waals surface area contributed by atoms with Crippen LogP contribution in [0, 0.1) is 32.1 Å². The molecule has 2 bridgehead atoms. The number of non-ortho nitro benzene ring substituents is 2. The van der Waals surface area contributed by atoms with Gasteiger partial charge in [-0.25, -0.2) is 4.79 Å². The number of hydrogen-bond acceptors (Lipinski definition) is 8. The second-order valence-electron chi connectivity index (χ2n) is 9.48. The number of nitrogens with zero attached hydrogens (tertiary/aromatic N) is 3. The number of hydrogen-bond donors (Lipinski definition) is 0. The minimum atomic E-state index is -1.03. The molecule has 190 valence electrons. The molecular weight excluding hydrogens is 494 g/mol. The lowest BCUT2D eigenvalue weighted by Crippen LogP contribution is -2.41. The normalized spacial score (nSPS) is 22.5. The zero-order valence-electron chi connectivity index (χ0n) is 19.7. The molecule has 2 unspecified atom stereocenters. The third kappa shape index (κ3) is 3.39. The summed E-state index contributed by atoms with van der Waals surface area (Å²) in [6, 6.07) is 18.2. The van der Waals surface area contributed by atoms with Gasteiger partial charge in [0, 0.05) is 24.0 Å². The predicted octanol–water partition coefficient (Wildman–Crippen LogP) is 3.55. The van der Waals surface area contributed by atoms with E-state index in [-0.39, 0.29) is 42.4 Å². The summed E-state index contributed by atoms with van der Waals surface area (Å²) in [5.41, 5.74) is 2.53. The van der Waals surface area contributed by atoms with Gasteiger partial charge in [-0.05, 0) is 22.3 Å². The van der Waals surface area contributed by atoms with Crippen molar-refractivity contribution in [3.8, 4) is 0 Å². The molecule has 0 N–H and O–H groups in total. The van der Waals surface area contributed by atoms with E-state index >= 15 is 0 Å². The molecule has 0 saturated carbocycles. The van der Waals surface area contributed by atoms with Gasteiger partial charge in [0.2, 0.25) is 11.8 Å². The van der Waals surface area contributed by atoms with Crippen LogP contribution in [0.1, 0.15) is 44.4 Å². The minimum Gasteiger partial charge on any atom is -0.460 e. The molecule has 0 aromatic heterocycles. The van der Waals surface area contributed by atoms with Crippen molar-refractivity contribution >= 4 is 29.2 Å². The van der Waals surface area contributed by atoms with E-state index in [2.05, 4.69) is 0 Å². The van der Waals surface area contributed by atoms with Crippen molar-refractivity contribution in [1.29, 1.82) is 0 Å². The highest BCUT2D eigenvalue weighted by Gasteiger charge is 2.61. The van der Waals surface area contributed by atoms with Gasteiger partial charge in [-0.1, -0.05) is 48.5 Å². The summed E-state index contributed by atoms with van der Waals surface area (Å²) in [4.78, 5) is 61.3. The van der Waals surface area contributed by atoms with E-state index in [1.165, 1.54) is 0 Å². The first-order valence-corrected chi connectivity index (χ1v) is 11.9. The van der Waals surface area contributed by atoms with Gasteiger partial charge in [0.05, 0.1) is 39.9 Å². The maximum Gasteiger partial charge on any atom is 0.338 e. The monoisotopic (exact) mass is 513 g/mol. The van der Waals surface area contributed by atoms with E-state index in [1.54, 1.807) is 0 Å². The number of carbonyl (C=O) groups is 3. The lowest BCUT2D eigenvalue weighted by Gasteiger charge is -2.45. The van der Waals surface area contributed by atoms with Crippen LogP contribution in [0.4, 0.5) is 11.4 Å². The number of ether oxygens (including phenoxy) is 1. The molecule has 7 rings (SSSR count). The van der Waals surface area contributed by atoms with Crippen LogP contribution in [0.2, 0.25) is 0 Å². The first-order chi connectivity index (χ1) is 18.3. The Bertz CT molecular complexity index is 1420. The summed E-state index contributed by atoms with van der Waals surface area (Å²) < 4.78 is 5.17. The van der Waals surface area contributed by atoms with Crippen LogP contribution in [-0.2, 0) is 14.3 Å². The largest absolute Gasteiger partial charge is 0.460 e. The van der Waals surface area contributed by atoms with Crippen LogP contribution in [0.3, 0.4) is 0 Å². The van der Waals surface area contributed by atoms with Crippen LogP contribution in [0.25, 0.3) is 0 Å². The molecule has 11 nitrogen and oxygen atoms in total. The summed E-state index contributed by atoms with van der Waals surface area (Å²) in [6.07, 6.45) is 0. The van der Waals surface area contributed by atoms with Gasteiger partial charge in [0.1, 0.15) is 6.61 Å². The smallest absolute Gasteiger partial charge is 0.338 e. The zero-order chi connectivity index (χ0) is 26.7. The highest BCUT2D eigenvalue weighted by Crippen LogP contribution is 2.60. The van der Waals surface area contributed by atoms with Crippen molar-refractivity contribution in [3.05, 3.63) is 115 Å². The number of rotatable bonds is 6. The maximum atomic E-state index is 13.6. The average Bonchev–Trinajstić information content (AvgIpc) is 3.18. The first kappa shape index (κ1) is 23.5. The average molecular weight is 513 g/mol. The summed E-state index contributed by atoms with van der Waals surface area (Å²) in [6.45, 7) is -0.555. The van der Waals surface area contributed by atoms with Gasteiger partial charge in [0.25, 0.3) is 11.4 Å². The minimum absolute atomic E-state index is 0.195. The third-order valence-corrected chi connectivity index (χ3v) is 7.65. The van der Waals surface area contributed by atoms with Gasteiger partial charge >= 0.3 is 5.97 Å². The summed E-state index contributed by atoms with van der Waals surface area (Å²) in [7, 11) is 0. The molecule has 4 aliphatic rings. The Morgan fingerprint density at radius 3 is 1.58 bits per heavy atom. The number of carbonyl (C=O) groups excluding carboxylic acids is 3. The second kappa shape index (κ2) is 8.58. The van der Waals surface area contributed by atoms with Gasteiger partial charge in [-0.2, -0.15) is 0 Å². The molecule has 11 heteroatoms. The summed E-state index contributed by atoms with van der Waals surface area (Å²) in [5.74, 6) is -3.34. The number of esters is 1. The first-order valence-electron chi connectivity index (χ1n) is 11.9. The highest BCUT2D eigenvalue weighted by atomic mass is 16.6. The maximum absolute atomic E-state index is 13.6. The zero-order valence-corrected chi connectivity index (χ0v) is 19.7. The number of benzene rings is 3. The number of amides is 2. The van der Waals surface area contributed by atoms with Crippen LogP contribution in [-0.4, -0.2) is 45.7 Å². The van der Waals surface area contributed by atoms with E-state index < -0.39 is 39.0 Å². The van der Waals surface area contributed by atoms with Gasteiger partial charge < -0.3 is 4.74 Å². The SMILES string of the molecule is O=C(OCCN1C(=O)C2C3c4ccccc4C(c4ccccc43)C2C1=O)c1cc([N+](=O)[O-])cc([N+](=O)[O-])c1. The molecule has 2 atom stereocenters. The Balaban J connectivity index is 1.23. The van der Waals surface area contributed by atoms with Crippen LogP contribution in [0.5, 0.6) is 0 Å². The van der Waals surface area contributed by atoms with E-state index in [0.29, 0.717) is 0 Å². The molecule has 38 heavy (non-hydrogen) atoms. The molecular formula is C27H19N3O8. The van der Waals surface area contributed by atoms with Crippen LogP contribution < -0.4 is 0 Å². The van der Waals surface area contributed by atoms with E-state index in [1.807, 2.05) is 48.5 Å². The summed E-state index contributed by atoms with van der Waals surface area (Å²) in [5, 5.41) is 22.2. The quantitative estimate of drug-likeness (QED) is 0.210. The Morgan fingerprint density at radius 1 is 0.763 bits per heavy atom. The molecule has 1 saturated heterocycles. The van der Waals surface area contributed by atoms with Gasteiger partial charge in [0.15, 0.2) is 0 Å². The lowest BCUT2D eigenvalue weighted by molar-refractivity contribution is -0.394. The number of nitro benzene ring substituents is 2. The van der Waals surface area contributed by atoms with Crippen molar-refractivity contribution < 1.29 is 29.0 Å². The van der Waals surface area contributed by atoms with Crippen molar-refractivity contribution in [2.24, 2.45) is 11.8 Å². The Labute approximate surface area is 214 Å². The fraction of sp³-hybridized carbons (Fsp3) is 0.222. The third-order valence-electron chi connectivity index (χ3n) is 7.65. The molecule has 0 spiro atoms. The van der Waals surface area contributed by atoms with Crippen molar-refractivity contribution in [3.63, 3.8) is 0 Å². The molecule has 3 aromatic carbocycles. The Hall–Kier alpha value is -4.93. The Morgan fingerprint density at radius 2 is 1.18 bits per heavy atom. The molecule has 1 aliphatic heterocycles. The van der Waals surface area contributed by atoms with E-state index in [0.717, 1.165) is 45.4 Å². The van der Waals surface area contributed by atoms with Crippen LogP contribution >= 0.6 is 0 Å². The fourth-order valence-corrected chi connectivity index (χ4v) is 6.20. The van der Waals surface area contributed by atoms with Crippen molar-refractivity contribution in [2.75, 3.05) is 13.2 Å². The molecule has 1 heterocycles. The molecule has 2 amide bonds. The predicted molar refractivity (Wildman–Crippen MR) is 130 cm³/mol. The van der Waals surface area contributed by atoms with Gasteiger partial charge in [-0.15, -0.1) is 0 Å². The number of nitro groups is 2. The molecule has 3 aliphatic carbocycles. The lowest BCUT2D eigenvalue weighted by atomic mass is 9.55. The molecule has 0 radical (unpaired) electrons. The van der Waals surface area contributed by atoms with Crippen LogP contribution in [0.15, 0.2) is 66.7 Å². The van der Waals surface area contributed by atoms with Crippen molar-refractivity contribution in [1.82, 2.24) is 4.90 Å². The number of likely N-dealkylation sites (tertiary alicyclic amines) is 1. The number of imide groups is 1. The topological polar surface area (TPSA) is 150 Å². The van der Waals surface area contributed by atoms with Crippen molar-refractivity contribution in [2.45, 2.75) is 11.8 Å². The van der Waals surface area contributed by atoms with Gasteiger partial charge in [-0.3, -0.25) is 34.7 Å². The van der Waals surface area contributed by atoms with E-state index in [4.69, 9.17) is 4.74 Å². The molecule has 1 fully saturated rings. The fourth-order valence-electron chi connectivity index (χ4n) is 6.20. The Kier molecular flexibility index (Phi) is 5.30. The summed E-state index contributed by atoms with van der Waals surface area (Å²) >= 11 is 0. The van der Waals surface area contributed by atoms with E-state index in [9.17, 15) is 34.6 Å².